The number of ether oxygens (including phenoxy) is 1. The molecule has 3 aliphatic rings. The van der Waals surface area contributed by atoms with Gasteiger partial charge in [-0.1, -0.05) is 0 Å². The number of piperidine rings is 1. The second-order valence-corrected chi connectivity index (χ2v) is 8.56. The summed E-state index contributed by atoms with van der Waals surface area (Å²) in [5.41, 5.74) is 1.80. The van der Waals surface area contributed by atoms with E-state index in [1.165, 1.54) is 0 Å². The van der Waals surface area contributed by atoms with E-state index < -0.39 is 11.3 Å². The number of carbonyl (C=O) groups is 1. The molecule has 8 nitrogen and oxygen atoms in total. The van der Waals surface area contributed by atoms with Crippen molar-refractivity contribution in [1.82, 2.24) is 24.4 Å². The number of nitrogens with zero attached hydrogens (tertiary/aromatic N) is 6. The maximum atomic E-state index is 13.5. The van der Waals surface area contributed by atoms with Crippen molar-refractivity contribution in [3.8, 4) is 0 Å². The molecule has 1 amide bonds. The average Bonchev–Trinajstić information content (AvgIpc) is 3.35. The van der Waals surface area contributed by atoms with Crippen LogP contribution in [0.5, 0.6) is 0 Å². The zero-order valence-electron chi connectivity index (χ0n) is 16.9. The first-order chi connectivity index (χ1) is 14.4. The maximum Gasteiger partial charge on any atom is 0.274 e. The Balaban J connectivity index is 1.40. The Morgan fingerprint density at radius 3 is 2.70 bits per heavy atom. The lowest BCUT2D eigenvalue weighted by molar-refractivity contribution is -0.0223. The summed E-state index contributed by atoms with van der Waals surface area (Å²) in [5, 5.41) is 0. The van der Waals surface area contributed by atoms with Gasteiger partial charge in [0.2, 0.25) is 5.95 Å². The van der Waals surface area contributed by atoms with Crippen molar-refractivity contribution < 1.29 is 18.3 Å². The van der Waals surface area contributed by atoms with E-state index in [4.69, 9.17) is 9.72 Å². The molecule has 30 heavy (non-hydrogen) atoms. The Kier molecular flexibility index (Phi) is 4.49. The van der Waals surface area contributed by atoms with Crippen molar-refractivity contribution in [1.29, 1.82) is 0 Å². The minimum absolute atomic E-state index is 0.105. The maximum absolute atomic E-state index is 13.5. The van der Waals surface area contributed by atoms with Crippen molar-refractivity contribution in [3.63, 3.8) is 0 Å². The zero-order valence-corrected chi connectivity index (χ0v) is 16.9. The molecule has 2 fully saturated rings. The van der Waals surface area contributed by atoms with Gasteiger partial charge in [0.15, 0.2) is 0 Å². The number of imidazole rings is 1. The molecule has 0 bridgehead atoms. The third-order valence-corrected chi connectivity index (χ3v) is 6.33. The molecule has 5 heterocycles. The van der Waals surface area contributed by atoms with Gasteiger partial charge in [0.25, 0.3) is 11.8 Å². The second-order valence-electron chi connectivity index (χ2n) is 8.56. The molecule has 0 aliphatic carbocycles. The predicted octanol–water partition coefficient (Wildman–Crippen LogP) is 1.76. The number of amides is 1. The van der Waals surface area contributed by atoms with Crippen molar-refractivity contribution in [2.75, 3.05) is 37.7 Å². The number of halogens is 2. The van der Waals surface area contributed by atoms with E-state index in [0.29, 0.717) is 37.9 Å². The molecule has 2 saturated heterocycles. The van der Waals surface area contributed by atoms with Crippen LogP contribution in [0.2, 0.25) is 0 Å². The minimum atomic E-state index is -2.61. The highest BCUT2D eigenvalue weighted by Crippen LogP contribution is 2.40. The third kappa shape index (κ3) is 3.32. The summed E-state index contributed by atoms with van der Waals surface area (Å²) in [5.74, 6) is -2.23. The largest absolute Gasteiger partial charge is 0.376 e. The lowest BCUT2D eigenvalue weighted by Gasteiger charge is -2.36. The van der Waals surface area contributed by atoms with Gasteiger partial charge in [-0.2, -0.15) is 0 Å². The number of aromatic nitrogens is 4. The lowest BCUT2D eigenvalue weighted by atomic mass is 9.80. The lowest BCUT2D eigenvalue weighted by Crippen LogP contribution is -2.43. The van der Waals surface area contributed by atoms with E-state index in [1.807, 2.05) is 11.9 Å². The van der Waals surface area contributed by atoms with Crippen LogP contribution in [-0.4, -0.2) is 69.0 Å². The topological polar surface area (TPSA) is 76.4 Å². The fraction of sp³-hybridized carbons (Fsp3) is 0.600. The number of aryl methyl sites for hydroxylation is 1. The molecule has 10 heteroatoms. The first-order valence-corrected chi connectivity index (χ1v) is 10.2. The van der Waals surface area contributed by atoms with Gasteiger partial charge < -0.3 is 19.1 Å². The summed E-state index contributed by atoms with van der Waals surface area (Å²) in [6, 6.07) is 0. The Morgan fingerprint density at radius 2 is 1.97 bits per heavy atom. The SMILES string of the molecule is Cn1cnc(C(=O)N2CCC3(COCc4cnc(N5CCC(F)(F)CC5)nc43)C2)c1. The van der Waals surface area contributed by atoms with Crippen LogP contribution < -0.4 is 4.90 Å². The van der Waals surface area contributed by atoms with Crippen molar-refractivity contribution in [3.05, 3.63) is 35.7 Å². The van der Waals surface area contributed by atoms with Crippen LogP contribution in [0.1, 0.15) is 41.0 Å². The molecule has 1 atom stereocenters. The van der Waals surface area contributed by atoms with E-state index in [2.05, 4.69) is 9.97 Å². The molecular formula is C20H24F2N6O2. The molecule has 0 saturated carbocycles. The van der Waals surface area contributed by atoms with Crippen LogP contribution in [0.3, 0.4) is 0 Å². The number of anilines is 1. The summed E-state index contributed by atoms with van der Waals surface area (Å²) in [7, 11) is 1.83. The Morgan fingerprint density at radius 1 is 1.17 bits per heavy atom. The van der Waals surface area contributed by atoms with Crippen LogP contribution >= 0.6 is 0 Å². The van der Waals surface area contributed by atoms with Gasteiger partial charge in [-0.25, -0.2) is 23.7 Å². The third-order valence-electron chi connectivity index (χ3n) is 6.33. The minimum Gasteiger partial charge on any atom is -0.376 e. The van der Waals surface area contributed by atoms with Crippen LogP contribution in [0.15, 0.2) is 18.7 Å². The number of likely N-dealkylation sites (tertiary alicyclic amines) is 1. The first kappa shape index (κ1) is 19.3. The van der Waals surface area contributed by atoms with Gasteiger partial charge in [0.1, 0.15) is 5.69 Å². The van der Waals surface area contributed by atoms with Gasteiger partial charge in [-0.05, 0) is 6.42 Å². The van der Waals surface area contributed by atoms with Gasteiger partial charge in [-0.15, -0.1) is 0 Å². The number of rotatable bonds is 2. The van der Waals surface area contributed by atoms with Gasteiger partial charge >= 0.3 is 0 Å². The number of hydrogen-bond acceptors (Lipinski definition) is 6. The molecule has 160 valence electrons. The first-order valence-electron chi connectivity index (χ1n) is 10.2. The summed E-state index contributed by atoms with van der Waals surface area (Å²) in [4.78, 5) is 29.9. The summed E-state index contributed by atoms with van der Waals surface area (Å²) in [6.45, 7) is 2.45. The Labute approximate surface area is 172 Å². The number of carbonyl (C=O) groups excluding carboxylic acids is 1. The Hall–Kier alpha value is -2.62. The molecule has 1 spiro atoms. The highest BCUT2D eigenvalue weighted by Gasteiger charge is 2.47. The second kappa shape index (κ2) is 6.97. The fourth-order valence-corrected chi connectivity index (χ4v) is 4.62. The molecule has 1 unspecified atom stereocenters. The van der Waals surface area contributed by atoms with Crippen LogP contribution in [0.4, 0.5) is 14.7 Å². The number of alkyl halides is 2. The van der Waals surface area contributed by atoms with E-state index in [-0.39, 0.29) is 31.8 Å². The standard InChI is InChI=1S/C20H24F2N6O2/c1-26-9-15(24-13-26)17(29)28-5-2-19(11-28)12-30-10-14-8-23-18(25-16(14)19)27-6-3-20(21,22)4-7-27/h8-9,13H,2-7,10-12H2,1H3. The van der Waals surface area contributed by atoms with Crippen LogP contribution in [-0.2, 0) is 23.8 Å². The quantitative estimate of drug-likeness (QED) is 0.740. The summed E-state index contributed by atoms with van der Waals surface area (Å²) < 4.78 is 34.7. The number of fused-ring (bicyclic) bond motifs is 2. The monoisotopic (exact) mass is 418 g/mol. The van der Waals surface area contributed by atoms with E-state index in [1.54, 1.807) is 28.2 Å². The molecule has 0 N–H and O–H groups in total. The smallest absolute Gasteiger partial charge is 0.274 e. The molecule has 2 aromatic heterocycles. The fourth-order valence-electron chi connectivity index (χ4n) is 4.62. The van der Waals surface area contributed by atoms with E-state index in [9.17, 15) is 13.6 Å². The summed E-state index contributed by atoms with van der Waals surface area (Å²) in [6.07, 6.45) is 5.43. The molecule has 2 aromatic rings. The average molecular weight is 418 g/mol. The summed E-state index contributed by atoms with van der Waals surface area (Å²) >= 11 is 0. The Bertz CT molecular complexity index is 970. The van der Waals surface area contributed by atoms with E-state index >= 15 is 0 Å². The molecule has 0 aromatic carbocycles. The zero-order chi connectivity index (χ0) is 20.9. The predicted molar refractivity (Wildman–Crippen MR) is 103 cm³/mol. The molecule has 0 radical (unpaired) electrons. The molecule has 3 aliphatic heterocycles. The molecular weight excluding hydrogens is 394 g/mol. The van der Waals surface area contributed by atoms with Crippen molar-refractivity contribution >= 4 is 11.9 Å². The van der Waals surface area contributed by atoms with Crippen molar-refractivity contribution in [2.24, 2.45) is 7.05 Å². The van der Waals surface area contributed by atoms with Crippen LogP contribution in [0.25, 0.3) is 0 Å². The normalized spacial score (nSPS) is 25.6. The van der Waals surface area contributed by atoms with Crippen molar-refractivity contribution in [2.45, 2.75) is 37.2 Å². The van der Waals surface area contributed by atoms with E-state index in [0.717, 1.165) is 17.7 Å². The van der Waals surface area contributed by atoms with Gasteiger partial charge in [0, 0.05) is 64.0 Å². The highest BCUT2D eigenvalue weighted by atomic mass is 19.3. The van der Waals surface area contributed by atoms with Gasteiger partial charge in [0.05, 0.1) is 30.7 Å². The molecule has 5 rings (SSSR count). The number of hydrogen-bond donors (Lipinski definition) is 0. The highest BCUT2D eigenvalue weighted by molar-refractivity contribution is 5.92. The van der Waals surface area contributed by atoms with Crippen LogP contribution in [0, 0.1) is 0 Å². The van der Waals surface area contributed by atoms with Gasteiger partial charge in [-0.3, -0.25) is 4.79 Å².